The number of unbranched alkanes of at least 4 members (excludes halogenated alkanes) is 16. The summed E-state index contributed by atoms with van der Waals surface area (Å²) in [4.78, 5) is 37.4. The van der Waals surface area contributed by atoms with Crippen LogP contribution in [0.5, 0.6) is 0 Å². The first kappa shape index (κ1) is 53.5. The standard InChI is InChI=1S/C46H80NO8P/c1-6-8-10-12-14-16-18-20-21-22-23-24-25-27-28-30-32-34-36-38-45(48)52-42-44(43-54-56(50,51)53-41-40-47(3,4)5)55-46(49)39-37-35-33-31-29-26-19-17-15-13-11-9-7-2/h9,11,13,15,17,19,22-23,26,29,31,33,44H,6-8,10,12,14,16,18,20-21,24-25,27-28,30,32,34-43H2,1-5H3/b11-9+,15-13+,19-17+,23-22+,29-26+,33-31+. The quantitative estimate of drug-likeness (QED) is 0.0151. The lowest BCUT2D eigenvalue weighted by Crippen LogP contribution is -2.37. The molecule has 0 rings (SSSR count). The van der Waals surface area contributed by atoms with E-state index in [-0.39, 0.29) is 26.1 Å². The highest BCUT2D eigenvalue weighted by atomic mass is 31.2. The zero-order valence-electron chi connectivity index (χ0n) is 36.1. The number of phosphoric acid groups is 1. The minimum Gasteiger partial charge on any atom is -0.756 e. The predicted octanol–water partition coefficient (Wildman–Crippen LogP) is 11.6. The maximum Gasteiger partial charge on any atom is 0.306 e. The number of rotatable bonds is 38. The second kappa shape index (κ2) is 38.0. The van der Waals surface area contributed by atoms with Gasteiger partial charge in [-0.3, -0.25) is 14.2 Å². The van der Waals surface area contributed by atoms with Gasteiger partial charge in [-0.05, 0) is 51.4 Å². The monoisotopic (exact) mass is 806 g/mol. The third-order valence-corrected chi connectivity index (χ3v) is 9.80. The number of allylic oxidation sites excluding steroid dienone is 12. The first-order valence-electron chi connectivity index (χ1n) is 21.7. The number of ether oxygens (including phenoxy) is 2. The molecular formula is C46H80NO8P. The van der Waals surface area contributed by atoms with Gasteiger partial charge in [-0.1, -0.05) is 164 Å². The predicted molar refractivity (Wildman–Crippen MR) is 231 cm³/mol. The van der Waals surface area contributed by atoms with Crippen LogP contribution in [0.15, 0.2) is 72.9 Å². The highest BCUT2D eigenvalue weighted by Crippen LogP contribution is 2.38. The van der Waals surface area contributed by atoms with Crippen LogP contribution < -0.4 is 4.89 Å². The van der Waals surface area contributed by atoms with Crippen molar-refractivity contribution in [3.05, 3.63) is 72.9 Å². The average Bonchev–Trinajstić information content (AvgIpc) is 3.15. The summed E-state index contributed by atoms with van der Waals surface area (Å²) < 4.78 is 33.7. The summed E-state index contributed by atoms with van der Waals surface area (Å²) in [5, 5.41) is 0. The van der Waals surface area contributed by atoms with E-state index in [0.29, 0.717) is 30.3 Å². The van der Waals surface area contributed by atoms with E-state index in [4.69, 9.17) is 18.5 Å². The van der Waals surface area contributed by atoms with Crippen molar-refractivity contribution >= 4 is 19.8 Å². The summed E-state index contributed by atoms with van der Waals surface area (Å²) in [7, 11) is 1.10. The van der Waals surface area contributed by atoms with Gasteiger partial charge >= 0.3 is 11.9 Å². The van der Waals surface area contributed by atoms with Gasteiger partial charge in [0, 0.05) is 12.8 Å². The lowest BCUT2D eigenvalue weighted by Gasteiger charge is -2.28. The molecule has 0 aromatic heterocycles. The molecule has 0 aromatic carbocycles. The zero-order valence-corrected chi connectivity index (χ0v) is 36.9. The Balaban J connectivity index is 4.43. The molecule has 0 bridgehead atoms. The zero-order chi connectivity index (χ0) is 41.4. The van der Waals surface area contributed by atoms with Crippen LogP contribution in [0, 0.1) is 0 Å². The molecule has 0 spiro atoms. The molecule has 0 amide bonds. The lowest BCUT2D eigenvalue weighted by molar-refractivity contribution is -0.870. The second-order valence-electron chi connectivity index (χ2n) is 15.4. The van der Waals surface area contributed by atoms with Crippen molar-refractivity contribution in [1.82, 2.24) is 0 Å². The maximum absolute atomic E-state index is 12.6. The SMILES string of the molecule is CC/C=C/C=C/C=C/C=C/C=C/CCCC(=O)OC(COC(=O)CCCCCCCCC/C=C/CCCCCCCCCC)COP(=O)([O-])OCC[N+](C)(C)C. The third kappa shape index (κ3) is 41.1. The molecule has 0 aromatic rings. The molecule has 322 valence electrons. The van der Waals surface area contributed by atoms with Crippen molar-refractivity contribution in [2.45, 2.75) is 161 Å². The second-order valence-corrected chi connectivity index (χ2v) is 16.9. The largest absolute Gasteiger partial charge is 0.756 e. The van der Waals surface area contributed by atoms with Gasteiger partial charge in [-0.15, -0.1) is 0 Å². The average molecular weight is 806 g/mol. The number of likely N-dealkylation sites (N-methyl/N-ethyl adjacent to an activating group) is 1. The van der Waals surface area contributed by atoms with Crippen LogP contribution >= 0.6 is 7.82 Å². The number of carbonyl (C=O) groups excluding carboxylic acids is 2. The number of esters is 2. The number of nitrogens with zero attached hydrogens (tertiary/aromatic N) is 1. The van der Waals surface area contributed by atoms with Crippen LogP contribution in [0.4, 0.5) is 0 Å². The van der Waals surface area contributed by atoms with Crippen molar-refractivity contribution in [2.75, 3.05) is 47.5 Å². The van der Waals surface area contributed by atoms with Crippen molar-refractivity contribution in [3.63, 3.8) is 0 Å². The molecule has 0 heterocycles. The molecule has 10 heteroatoms. The maximum atomic E-state index is 12.6. The van der Waals surface area contributed by atoms with E-state index >= 15 is 0 Å². The van der Waals surface area contributed by atoms with E-state index in [1.54, 1.807) is 0 Å². The Morgan fingerprint density at radius 1 is 0.571 bits per heavy atom. The topological polar surface area (TPSA) is 111 Å². The summed E-state index contributed by atoms with van der Waals surface area (Å²) in [5.41, 5.74) is 0. The molecule has 0 N–H and O–H groups in total. The van der Waals surface area contributed by atoms with E-state index < -0.39 is 32.5 Å². The summed E-state index contributed by atoms with van der Waals surface area (Å²) in [6.45, 7) is 3.97. The minimum absolute atomic E-state index is 0.0484. The van der Waals surface area contributed by atoms with Gasteiger partial charge in [0.2, 0.25) is 0 Å². The third-order valence-electron chi connectivity index (χ3n) is 8.84. The fourth-order valence-electron chi connectivity index (χ4n) is 5.44. The first-order chi connectivity index (χ1) is 27.0. The summed E-state index contributed by atoms with van der Waals surface area (Å²) in [6.07, 6.45) is 46.6. The number of hydrogen-bond acceptors (Lipinski definition) is 8. The van der Waals surface area contributed by atoms with Gasteiger partial charge in [-0.25, -0.2) is 0 Å². The summed E-state index contributed by atoms with van der Waals surface area (Å²) in [5.74, 6) is -0.932. The fraction of sp³-hybridized carbons (Fsp3) is 0.696. The van der Waals surface area contributed by atoms with E-state index in [1.165, 1.54) is 77.0 Å². The van der Waals surface area contributed by atoms with Gasteiger partial charge in [0.15, 0.2) is 6.10 Å². The first-order valence-corrected chi connectivity index (χ1v) is 23.2. The molecule has 0 aliphatic rings. The fourth-order valence-corrected chi connectivity index (χ4v) is 6.17. The molecule has 0 radical (unpaired) electrons. The molecular weight excluding hydrogens is 725 g/mol. The molecule has 0 fully saturated rings. The Bertz CT molecular complexity index is 1180. The van der Waals surface area contributed by atoms with Crippen molar-refractivity contribution in [3.8, 4) is 0 Å². The Kier molecular flexibility index (Phi) is 36.3. The number of quaternary nitrogens is 1. The van der Waals surface area contributed by atoms with E-state index in [2.05, 4.69) is 32.1 Å². The van der Waals surface area contributed by atoms with Crippen molar-refractivity contribution in [2.24, 2.45) is 0 Å². The Hall–Kier alpha value is -2.55. The minimum atomic E-state index is -4.65. The lowest BCUT2D eigenvalue weighted by atomic mass is 10.1. The van der Waals surface area contributed by atoms with Gasteiger partial charge in [0.1, 0.15) is 19.8 Å². The normalized spacial score (nSPS) is 14.3. The highest BCUT2D eigenvalue weighted by molar-refractivity contribution is 7.45. The van der Waals surface area contributed by atoms with Crippen LogP contribution in [0.2, 0.25) is 0 Å². The summed E-state index contributed by atoms with van der Waals surface area (Å²) >= 11 is 0. The van der Waals surface area contributed by atoms with Crippen LogP contribution in [0.25, 0.3) is 0 Å². The molecule has 2 atom stereocenters. The van der Waals surface area contributed by atoms with E-state index in [9.17, 15) is 19.0 Å². The number of hydrogen-bond donors (Lipinski definition) is 0. The molecule has 0 aliphatic heterocycles. The Morgan fingerprint density at radius 2 is 1.05 bits per heavy atom. The van der Waals surface area contributed by atoms with Crippen molar-refractivity contribution in [1.29, 1.82) is 0 Å². The van der Waals surface area contributed by atoms with Crippen molar-refractivity contribution < 1.29 is 42.1 Å². The molecule has 0 saturated carbocycles. The van der Waals surface area contributed by atoms with Crippen LogP contribution in [0.3, 0.4) is 0 Å². The van der Waals surface area contributed by atoms with Gasteiger partial charge in [0.05, 0.1) is 27.7 Å². The number of carbonyl (C=O) groups is 2. The van der Waals surface area contributed by atoms with Crippen LogP contribution in [-0.4, -0.2) is 70.0 Å². The van der Waals surface area contributed by atoms with E-state index in [0.717, 1.165) is 32.1 Å². The van der Waals surface area contributed by atoms with Gasteiger partial charge in [0.25, 0.3) is 7.82 Å². The summed E-state index contributed by atoms with van der Waals surface area (Å²) in [6, 6.07) is 0. The van der Waals surface area contributed by atoms with E-state index in [1.807, 2.05) is 75.8 Å². The number of phosphoric ester groups is 1. The highest BCUT2D eigenvalue weighted by Gasteiger charge is 2.21. The molecule has 9 nitrogen and oxygen atoms in total. The Morgan fingerprint density at radius 3 is 1.61 bits per heavy atom. The molecule has 2 unspecified atom stereocenters. The van der Waals surface area contributed by atoms with Gasteiger partial charge < -0.3 is 27.9 Å². The van der Waals surface area contributed by atoms with Crippen LogP contribution in [-0.2, 0) is 32.7 Å². The van der Waals surface area contributed by atoms with Crippen LogP contribution in [0.1, 0.15) is 155 Å². The smallest absolute Gasteiger partial charge is 0.306 e. The molecule has 0 aliphatic carbocycles. The molecule has 0 saturated heterocycles. The Labute approximate surface area is 342 Å². The molecule has 56 heavy (non-hydrogen) atoms. The van der Waals surface area contributed by atoms with Gasteiger partial charge in [-0.2, -0.15) is 0 Å².